The molecular formula is C12H14N4O2. The summed E-state index contributed by atoms with van der Waals surface area (Å²) >= 11 is 0. The van der Waals surface area contributed by atoms with Crippen molar-refractivity contribution in [1.82, 2.24) is 15.1 Å². The summed E-state index contributed by atoms with van der Waals surface area (Å²) in [5.74, 6) is 1.00. The number of hydrogen-bond acceptors (Lipinski definition) is 6. The molecule has 1 aliphatic heterocycles. The fraction of sp³-hybridized carbons (Fsp3) is 0.417. The smallest absolute Gasteiger partial charge is 0.234 e. The molecule has 0 aliphatic carbocycles. The van der Waals surface area contributed by atoms with Crippen LogP contribution in [0.2, 0.25) is 0 Å². The van der Waals surface area contributed by atoms with E-state index in [4.69, 9.17) is 15.0 Å². The molecule has 94 valence electrons. The number of aryl methyl sites for hydroxylation is 1. The Kier molecular flexibility index (Phi) is 2.81. The van der Waals surface area contributed by atoms with E-state index < -0.39 is 0 Å². The molecule has 1 aliphatic rings. The number of ether oxygens (including phenoxy) is 1. The average molecular weight is 246 g/mol. The molecule has 0 aromatic carbocycles. The summed E-state index contributed by atoms with van der Waals surface area (Å²) in [4.78, 5) is 8.71. The molecule has 18 heavy (non-hydrogen) atoms. The van der Waals surface area contributed by atoms with Gasteiger partial charge in [0.1, 0.15) is 5.69 Å². The van der Waals surface area contributed by atoms with Gasteiger partial charge in [-0.3, -0.25) is 0 Å². The van der Waals surface area contributed by atoms with Crippen molar-refractivity contribution in [3.05, 3.63) is 29.8 Å². The van der Waals surface area contributed by atoms with Gasteiger partial charge in [-0.05, 0) is 19.1 Å². The fourth-order valence-corrected chi connectivity index (χ4v) is 1.98. The summed E-state index contributed by atoms with van der Waals surface area (Å²) in [5, 5.41) is 3.95. The first kappa shape index (κ1) is 11.3. The lowest BCUT2D eigenvalue weighted by Crippen LogP contribution is -2.26. The number of rotatable bonds is 2. The van der Waals surface area contributed by atoms with Gasteiger partial charge in [-0.15, -0.1) is 0 Å². The van der Waals surface area contributed by atoms with Gasteiger partial charge in [0.25, 0.3) is 0 Å². The number of pyridine rings is 1. The minimum atomic E-state index is -0.0798. The van der Waals surface area contributed by atoms with Crippen LogP contribution in [0.5, 0.6) is 0 Å². The van der Waals surface area contributed by atoms with Gasteiger partial charge in [-0.2, -0.15) is 4.98 Å². The van der Waals surface area contributed by atoms with Crippen LogP contribution < -0.4 is 5.73 Å². The van der Waals surface area contributed by atoms with Crippen LogP contribution in [-0.4, -0.2) is 34.4 Å². The molecule has 3 rings (SSSR count). The second kappa shape index (κ2) is 4.47. The van der Waals surface area contributed by atoms with E-state index in [1.165, 1.54) is 0 Å². The molecule has 2 aromatic rings. The first-order valence-electron chi connectivity index (χ1n) is 5.85. The molecule has 0 radical (unpaired) electrons. The van der Waals surface area contributed by atoms with E-state index in [-0.39, 0.29) is 12.0 Å². The molecule has 0 bridgehead atoms. The van der Waals surface area contributed by atoms with E-state index in [0.29, 0.717) is 30.6 Å². The summed E-state index contributed by atoms with van der Waals surface area (Å²) in [7, 11) is 0. The van der Waals surface area contributed by atoms with Crippen LogP contribution in [0.15, 0.2) is 22.7 Å². The molecule has 2 N–H and O–H groups in total. The maximum absolute atomic E-state index is 5.91. The van der Waals surface area contributed by atoms with Crippen LogP contribution in [0.4, 0.5) is 0 Å². The fourth-order valence-electron chi connectivity index (χ4n) is 1.98. The monoisotopic (exact) mass is 246 g/mol. The van der Waals surface area contributed by atoms with Crippen molar-refractivity contribution in [2.24, 2.45) is 5.73 Å². The number of aromatic nitrogens is 3. The van der Waals surface area contributed by atoms with Crippen molar-refractivity contribution in [2.45, 2.75) is 18.9 Å². The predicted octanol–water partition coefficient (Wildman–Crippen LogP) is 0.881. The van der Waals surface area contributed by atoms with E-state index >= 15 is 0 Å². The second-order valence-electron chi connectivity index (χ2n) is 4.43. The molecule has 1 fully saturated rings. The van der Waals surface area contributed by atoms with Gasteiger partial charge < -0.3 is 15.0 Å². The Hall–Kier alpha value is -1.79. The van der Waals surface area contributed by atoms with Gasteiger partial charge >= 0.3 is 0 Å². The Bertz CT molecular complexity index is 555. The first-order chi connectivity index (χ1) is 8.74. The van der Waals surface area contributed by atoms with E-state index in [0.717, 1.165) is 5.69 Å². The second-order valence-corrected chi connectivity index (χ2v) is 4.43. The maximum atomic E-state index is 5.91. The molecule has 2 unspecified atom stereocenters. The minimum Gasteiger partial charge on any atom is -0.379 e. The molecule has 0 saturated carbocycles. The third-order valence-electron chi connectivity index (χ3n) is 3.00. The highest BCUT2D eigenvalue weighted by Gasteiger charge is 2.31. The van der Waals surface area contributed by atoms with Crippen LogP contribution >= 0.6 is 0 Å². The van der Waals surface area contributed by atoms with Crippen molar-refractivity contribution in [2.75, 3.05) is 13.2 Å². The van der Waals surface area contributed by atoms with Gasteiger partial charge in [0.05, 0.1) is 19.1 Å². The Morgan fingerprint density at radius 2 is 2.17 bits per heavy atom. The summed E-state index contributed by atoms with van der Waals surface area (Å²) in [6.45, 7) is 2.99. The van der Waals surface area contributed by atoms with E-state index in [1.807, 2.05) is 25.1 Å². The molecule has 2 atom stereocenters. The van der Waals surface area contributed by atoms with Crippen molar-refractivity contribution in [3.8, 4) is 11.5 Å². The van der Waals surface area contributed by atoms with Crippen LogP contribution in [-0.2, 0) is 4.74 Å². The number of hydrogen-bond donors (Lipinski definition) is 1. The largest absolute Gasteiger partial charge is 0.379 e. The van der Waals surface area contributed by atoms with E-state index in [9.17, 15) is 0 Å². The molecule has 1 saturated heterocycles. The molecule has 0 amide bonds. The van der Waals surface area contributed by atoms with Crippen LogP contribution in [0.3, 0.4) is 0 Å². The van der Waals surface area contributed by atoms with E-state index in [2.05, 4.69) is 15.1 Å². The van der Waals surface area contributed by atoms with Crippen molar-refractivity contribution in [3.63, 3.8) is 0 Å². The van der Waals surface area contributed by atoms with Crippen LogP contribution in [0, 0.1) is 6.92 Å². The quantitative estimate of drug-likeness (QED) is 0.846. The molecular weight excluding hydrogens is 232 g/mol. The van der Waals surface area contributed by atoms with Gasteiger partial charge in [0, 0.05) is 11.7 Å². The topological polar surface area (TPSA) is 87.1 Å². The van der Waals surface area contributed by atoms with Gasteiger partial charge in [0.2, 0.25) is 11.7 Å². The highest BCUT2D eigenvalue weighted by molar-refractivity contribution is 5.48. The number of nitrogens with two attached hydrogens (primary N) is 1. The molecule has 2 aromatic heterocycles. The van der Waals surface area contributed by atoms with E-state index in [1.54, 1.807) is 0 Å². The lowest BCUT2D eigenvalue weighted by atomic mass is 10.1. The zero-order chi connectivity index (χ0) is 12.5. The SMILES string of the molecule is Cc1cccc(-c2noc(C3COCC3N)n2)n1. The third kappa shape index (κ3) is 2.00. The highest BCUT2D eigenvalue weighted by Crippen LogP contribution is 2.24. The van der Waals surface area contributed by atoms with Crippen LogP contribution in [0.25, 0.3) is 11.5 Å². The van der Waals surface area contributed by atoms with Crippen molar-refractivity contribution < 1.29 is 9.26 Å². The molecule has 6 heteroatoms. The van der Waals surface area contributed by atoms with Crippen LogP contribution in [0.1, 0.15) is 17.5 Å². The zero-order valence-corrected chi connectivity index (χ0v) is 10.0. The normalized spacial score (nSPS) is 23.4. The van der Waals surface area contributed by atoms with Crippen molar-refractivity contribution >= 4 is 0 Å². The minimum absolute atomic E-state index is 0.0175. The van der Waals surface area contributed by atoms with Crippen molar-refractivity contribution in [1.29, 1.82) is 0 Å². The highest BCUT2D eigenvalue weighted by atomic mass is 16.5. The molecule has 0 spiro atoms. The summed E-state index contributed by atoms with van der Waals surface area (Å²) in [6, 6.07) is 5.61. The molecule has 3 heterocycles. The Morgan fingerprint density at radius 1 is 1.28 bits per heavy atom. The number of nitrogens with zero attached hydrogens (tertiary/aromatic N) is 3. The zero-order valence-electron chi connectivity index (χ0n) is 10.0. The standard InChI is InChI=1S/C12H14N4O2/c1-7-3-2-4-10(14-7)11-15-12(18-16-11)8-5-17-6-9(8)13/h2-4,8-9H,5-6,13H2,1H3. The Balaban J connectivity index is 1.89. The average Bonchev–Trinajstić information content (AvgIpc) is 2.97. The third-order valence-corrected chi connectivity index (χ3v) is 3.00. The van der Waals surface area contributed by atoms with Gasteiger partial charge in [-0.25, -0.2) is 4.98 Å². The van der Waals surface area contributed by atoms with Gasteiger partial charge in [-0.1, -0.05) is 11.2 Å². The molecule has 6 nitrogen and oxygen atoms in total. The first-order valence-corrected chi connectivity index (χ1v) is 5.85. The lowest BCUT2D eigenvalue weighted by molar-refractivity contribution is 0.187. The lowest BCUT2D eigenvalue weighted by Gasteiger charge is -2.06. The Morgan fingerprint density at radius 3 is 2.89 bits per heavy atom. The maximum Gasteiger partial charge on any atom is 0.234 e. The summed E-state index contributed by atoms with van der Waals surface area (Å²) in [6.07, 6.45) is 0. The summed E-state index contributed by atoms with van der Waals surface area (Å²) < 4.78 is 10.5. The predicted molar refractivity (Wildman–Crippen MR) is 63.8 cm³/mol. The summed E-state index contributed by atoms with van der Waals surface area (Å²) in [5.41, 5.74) is 7.54. The van der Waals surface area contributed by atoms with Gasteiger partial charge in [0.15, 0.2) is 0 Å². The Labute approximate surface area is 104 Å².